The number of nitro benzene ring substituents is 1. The van der Waals surface area contributed by atoms with Crippen molar-refractivity contribution in [2.75, 3.05) is 58.9 Å². The number of carbonyl (C=O) groups is 2. The Labute approximate surface area is 169 Å². The van der Waals surface area contributed by atoms with Gasteiger partial charge < -0.3 is 15.1 Å². The van der Waals surface area contributed by atoms with Gasteiger partial charge in [-0.25, -0.2) is 0 Å². The van der Waals surface area contributed by atoms with Gasteiger partial charge in [-0.05, 0) is 24.9 Å². The third-order valence-corrected chi connectivity index (χ3v) is 5.00. The van der Waals surface area contributed by atoms with Gasteiger partial charge in [0, 0.05) is 51.4 Å². The van der Waals surface area contributed by atoms with Crippen LogP contribution in [-0.2, 0) is 16.0 Å². The van der Waals surface area contributed by atoms with Gasteiger partial charge in [0.2, 0.25) is 0 Å². The van der Waals surface area contributed by atoms with Crippen molar-refractivity contribution in [3.63, 3.8) is 0 Å². The van der Waals surface area contributed by atoms with Gasteiger partial charge in [-0.15, -0.1) is 0 Å². The van der Waals surface area contributed by atoms with E-state index in [1.807, 2.05) is 9.80 Å². The molecule has 10 nitrogen and oxygen atoms in total. The molecule has 2 rings (SSSR count). The van der Waals surface area contributed by atoms with Crippen LogP contribution in [-0.4, -0.2) is 101 Å². The van der Waals surface area contributed by atoms with E-state index >= 15 is 0 Å². The summed E-state index contributed by atoms with van der Waals surface area (Å²) in [7, 11) is 0. The van der Waals surface area contributed by atoms with Crippen molar-refractivity contribution in [1.82, 2.24) is 14.7 Å². The van der Waals surface area contributed by atoms with E-state index in [0.29, 0.717) is 39.3 Å². The highest BCUT2D eigenvalue weighted by Gasteiger charge is 2.19. The molecule has 10 heteroatoms. The molecular weight excluding hydrogens is 380 g/mol. The maximum absolute atomic E-state index is 11.1. The number of hydrogen-bond donors (Lipinski definition) is 2. The molecule has 1 heterocycles. The first kappa shape index (κ1) is 22.7. The zero-order valence-electron chi connectivity index (χ0n) is 16.4. The summed E-state index contributed by atoms with van der Waals surface area (Å²) in [6.07, 6.45) is 1.64. The molecule has 160 valence electrons. The Balaban J connectivity index is 1.90. The van der Waals surface area contributed by atoms with Gasteiger partial charge in [0.25, 0.3) is 5.69 Å². The zero-order valence-corrected chi connectivity index (χ0v) is 16.4. The molecule has 0 spiro atoms. The summed E-state index contributed by atoms with van der Waals surface area (Å²) in [6.45, 7) is 4.39. The molecule has 2 N–H and O–H groups in total. The number of nitro groups is 1. The number of aryl methyl sites for hydroxylation is 1. The standard InChI is InChI=1S/C19H28N4O6/c24-18(25)14-21-10-8-20(9-11-22(13-12-21)15-19(26)27)7-1-2-16-3-5-17(6-4-16)23(28)29/h3-6H,1-2,7-15H2,(H,24,25)(H,26,27). The van der Waals surface area contributed by atoms with Gasteiger partial charge in [-0.1, -0.05) is 12.1 Å². The lowest BCUT2D eigenvalue weighted by molar-refractivity contribution is -0.384. The smallest absolute Gasteiger partial charge is 0.317 e. The Kier molecular flexibility index (Phi) is 8.97. The van der Waals surface area contributed by atoms with Crippen LogP contribution in [0.15, 0.2) is 24.3 Å². The van der Waals surface area contributed by atoms with Gasteiger partial charge in [0.1, 0.15) is 0 Å². The van der Waals surface area contributed by atoms with Crippen molar-refractivity contribution in [2.24, 2.45) is 0 Å². The highest BCUT2D eigenvalue weighted by atomic mass is 16.6. The number of nitrogens with zero attached hydrogens (tertiary/aromatic N) is 4. The largest absolute Gasteiger partial charge is 0.480 e. The SMILES string of the molecule is O=C(O)CN1CCN(CCCc2ccc([N+](=O)[O-])cc2)CCN(CC(=O)O)CC1. The van der Waals surface area contributed by atoms with E-state index in [1.165, 1.54) is 12.1 Å². The summed E-state index contributed by atoms with van der Waals surface area (Å²) in [6, 6.07) is 6.53. The van der Waals surface area contributed by atoms with Gasteiger partial charge in [0.15, 0.2) is 0 Å². The highest BCUT2D eigenvalue weighted by Crippen LogP contribution is 2.13. The Bertz CT molecular complexity index is 668. The zero-order chi connectivity index (χ0) is 21.2. The lowest BCUT2D eigenvalue weighted by atomic mass is 10.1. The fourth-order valence-corrected chi connectivity index (χ4v) is 3.40. The van der Waals surface area contributed by atoms with Crippen LogP contribution in [0.5, 0.6) is 0 Å². The molecule has 29 heavy (non-hydrogen) atoms. The fourth-order valence-electron chi connectivity index (χ4n) is 3.40. The van der Waals surface area contributed by atoms with E-state index in [2.05, 4.69) is 4.90 Å². The summed E-state index contributed by atoms with van der Waals surface area (Å²) in [5, 5.41) is 28.9. The van der Waals surface area contributed by atoms with E-state index in [-0.39, 0.29) is 18.8 Å². The first-order valence-electron chi connectivity index (χ1n) is 9.67. The highest BCUT2D eigenvalue weighted by molar-refractivity contribution is 5.69. The maximum Gasteiger partial charge on any atom is 0.317 e. The van der Waals surface area contributed by atoms with Crippen molar-refractivity contribution >= 4 is 17.6 Å². The Hall–Kier alpha value is -2.56. The summed E-state index contributed by atoms with van der Waals surface area (Å²) in [5.74, 6) is -1.78. The van der Waals surface area contributed by atoms with Gasteiger partial charge in [0.05, 0.1) is 18.0 Å². The molecule has 0 saturated carbocycles. The fraction of sp³-hybridized carbons (Fsp3) is 0.579. The summed E-state index contributed by atoms with van der Waals surface area (Å²) in [5.41, 5.74) is 1.10. The second-order valence-electron chi connectivity index (χ2n) is 7.21. The van der Waals surface area contributed by atoms with Crippen LogP contribution in [0.2, 0.25) is 0 Å². The molecule has 0 amide bonds. The number of non-ortho nitro benzene ring substituents is 1. The summed E-state index contributed by atoms with van der Waals surface area (Å²) in [4.78, 5) is 38.4. The van der Waals surface area contributed by atoms with Crippen molar-refractivity contribution in [3.05, 3.63) is 39.9 Å². The van der Waals surface area contributed by atoms with E-state index in [9.17, 15) is 19.7 Å². The van der Waals surface area contributed by atoms with Gasteiger partial charge in [-0.2, -0.15) is 0 Å². The third kappa shape index (κ3) is 8.55. The average Bonchev–Trinajstić information content (AvgIpc) is 2.74. The average molecular weight is 408 g/mol. The number of benzene rings is 1. The number of hydrogen-bond acceptors (Lipinski definition) is 7. The number of rotatable bonds is 9. The van der Waals surface area contributed by atoms with Crippen LogP contribution in [0, 0.1) is 10.1 Å². The molecule has 1 fully saturated rings. The minimum Gasteiger partial charge on any atom is -0.480 e. The van der Waals surface area contributed by atoms with Crippen molar-refractivity contribution in [1.29, 1.82) is 0 Å². The van der Waals surface area contributed by atoms with Gasteiger partial charge in [-0.3, -0.25) is 29.5 Å². The number of aliphatic carboxylic acids is 2. The second kappa shape index (κ2) is 11.4. The molecule has 1 aliphatic heterocycles. The molecule has 1 aromatic carbocycles. The number of carboxylic acids is 2. The minimum atomic E-state index is -0.890. The van der Waals surface area contributed by atoms with E-state index < -0.39 is 16.9 Å². The van der Waals surface area contributed by atoms with Crippen LogP contribution in [0.1, 0.15) is 12.0 Å². The lowest BCUT2D eigenvalue weighted by Gasteiger charge is -2.25. The van der Waals surface area contributed by atoms with Crippen molar-refractivity contribution in [2.45, 2.75) is 12.8 Å². The minimum absolute atomic E-state index is 0.0580. The first-order valence-corrected chi connectivity index (χ1v) is 9.67. The van der Waals surface area contributed by atoms with Crippen LogP contribution in [0.25, 0.3) is 0 Å². The lowest BCUT2D eigenvalue weighted by Crippen LogP contribution is -2.40. The summed E-state index contributed by atoms with van der Waals surface area (Å²) >= 11 is 0. The monoisotopic (exact) mass is 408 g/mol. The van der Waals surface area contributed by atoms with Gasteiger partial charge >= 0.3 is 11.9 Å². The topological polar surface area (TPSA) is 127 Å². The molecule has 0 aliphatic carbocycles. The Morgan fingerprint density at radius 1 is 0.862 bits per heavy atom. The molecule has 0 radical (unpaired) electrons. The molecule has 0 aromatic heterocycles. The number of carboxylic acid groups (broad SMARTS) is 2. The predicted molar refractivity (Wildman–Crippen MR) is 106 cm³/mol. The maximum atomic E-state index is 11.1. The molecule has 0 unspecified atom stereocenters. The molecule has 0 atom stereocenters. The molecule has 1 saturated heterocycles. The molecule has 1 aromatic rings. The predicted octanol–water partition coefficient (Wildman–Crippen LogP) is 0.616. The van der Waals surface area contributed by atoms with Crippen LogP contribution in [0.4, 0.5) is 5.69 Å². The summed E-state index contributed by atoms with van der Waals surface area (Å²) < 4.78 is 0. The van der Waals surface area contributed by atoms with E-state index in [1.54, 1.807) is 12.1 Å². The second-order valence-corrected chi connectivity index (χ2v) is 7.21. The van der Waals surface area contributed by atoms with Crippen LogP contribution < -0.4 is 0 Å². The van der Waals surface area contributed by atoms with E-state index in [0.717, 1.165) is 24.9 Å². The van der Waals surface area contributed by atoms with E-state index in [4.69, 9.17) is 10.2 Å². The first-order chi connectivity index (χ1) is 13.8. The quantitative estimate of drug-likeness (QED) is 0.446. The molecule has 1 aliphatic rings. The van der Waals surface area contributed by atoms with Crippen molar-refractivity contribution in [3.8, 4) is 0 Å². The van der Waals surface area contributed by atoms with Crippen LogP contribution in [0.3, 0.4) is 0 Å². The Morgan fingerprint density at radius 2 is 1.31 bits per heavy atom. The molecular formula is C19H28N4O6. The van der Waals surface area contributed by atoms with Crippen LogP contribution >= 0.6 is 0 Å². The Morgan fingerprint density at radius 3 is 1.72 bits per heavy atom. The third-order valence-electron chi connectivity index (χ3n) is 5.00. The molecule has 0 bridgehead atoms. The van der Waals surface area contributed by atoms with Crippen molar-refractivity contribution < 1.29 is 24.7 Å². The normalized spacial score (nSPS) is 17.2.